The number of carboxylic acids is 1. The molecule has 4 aliphatic carbocycles. The van der Waals surface area contributed by atoms with Crippen molar-refractivity contribution in [3.05, 3.63) is 11.6 Å². The van der Waals surface area contributed by atoms with Crippen LogP contribution in [-0.2, 0) is 61.7 Å². The highest BCUT2D eigenvalue weighted by Crippen LogP contribution is 2.76. The first-order chi connectivity index (χ1) is 43.1. The van der Waals surface area contributed by atoms with Crippen molar-refractivity contribution in [2.75, 3.05) is 33.0 Å². The first-order valence-corrected chi connectivity index (χ1v) is 32.3. The molecule has 0 radical (unpaired) electrons. The molecule has 9 rings (SSSR count). The van der Waals surface area contributed by atoms with Gasteiger partial charge in [-0.15, -0.1) is 0 Å². The van der Waals surface area contributed by atoms with Crippen LogP contribution in [0.2, 0.25) is 0 Å². The molecule has 0 aromatic heterocycles. The Hall–Kier alpha value is -2.36. The summed E-state index contributed by atoms with van der Waals surface area (Å²) < 4.78 is 65.7. The second kappa shape index (κ2) is 28.8. The summed E-state index contributed by atoms with van der Waals surface area (Å²) in [4.78, 5) is 23.1. The minimum atomic E-state index is -1.97. The van der Waals surface area contributed by atoms with Crippen LogP contribution < -0.4 is 0 Å². The van der Waals surface area contributed by atoms with Crippen molar-refractivity contribution in [2.24, 2.45) is 45.3 Å². The number of aliphatic hydroxyl groups is 16. The number of aliphatic hydroxyl groups excluding tert-OH is 16. The van der Waals surface area contributed by atoms with Gasteiger partial charge < -0.3 is 139 Å². The molecule has 0 amide bonds. The molecule has 530 valence electrons. The molecule has 9 aliphatic rings. The van der Waals surface area contributed by atoms with Crippen LogP contribution in [0.25, 0.3) is 0 Å². The lowest BCUT2D eigenvalue weighted by atomic mass is 9.35. The van der Waals surface area contributed by atoms with Crippen LogP contribution in [0.5, 0.6) is 0 Å². The number of carbonyl (C=O) groups is 2. The van der Waals surface area contributed by atoms with E-state index in [-0.39, 0.29) is 29.1 Å². The van der Waals surface area contributed by atoms with Crippen LogP contribution >= 0.6 is 0 Å². The highest BCUT2D eigenvalue weighted by Gasteiger charge is 2.72. The number of hydrogen-bond acceptors (Lipinski definition) is 29. The van der Waals surface area contributed by atoms with Gasteiger partial charge in [-0.1, -0.05) is 46.3 Å². The van der Waals surface area contributed by atoms with Crippen LogP contribution in [0.15, 0.2) is 11.6 Å². The summed E-state index contributed by atoms with van der Waals surface area (Å²) in [6.45, 7) is 13.5. The first kappa shape index (κ1) is 73.9. The normalized spacial score (nSPS) is 50.1. The maximum absolute atomic E-state index is 13.0. The van der Waals surface area contributed by atoms with Gasteiger partial charge in [0.15, 0.2) is 31.5 Å². The molecule has 0 aromatic carbocycles. The molecule has 0 aromatic rings. The van der Waals surface area contributed by atoms with Gasteiger partial charge in [0.2, 0.25) is 0 Å². The number of hydrogen-bond donors (Lipinski definition) is 17. The third-order valence-corrected chi connectivity index (χ3v) is 23.1. The van der Waals surface area contributed by atoms with E-state index in [1.54, 1.807) is 0 Å². The molecule has 5 heterocycles. The average molecular weight is 1330 g/mol. The number of allylic oxidation sites excluding steroid dienone is 2. The van der Waals surface area contributed by atoms with Gasteiger partial charge in [0.05, 0.1) is 44.2 Å². The summed E-state index contributed by atoms with van der Waals surface area (Å²) in [5.41, 5.74) is -2.06. The van der Waals surface area contributed by atoms with E-state index in [4.69, 9.17) is 57.2 Å². The zero-order chi connectivity index (χ0) is 67.6. The van der Waals surface area contributed by atoms with E-state index in [0.29, 0.717) is 44.9 Å². The van der Waals surface area contributed by atoms with Gasteiger partial charge >= 0.3 is 11.9 Å². The Morgan fingerprint density at radius 3 is 1.76 bits per heavy atom. The Morgan fingerprint density at radius 1 is 0.554 bits per heavy atom. The fourth-order valence-corrected chi connectivity index (χ4v) is 17.8. The largest absolute Gasteiger partial charge is 0.481 e. The molecule has 0 unspecified atom stereocenters. The number of fused-ring (bicyclic) bond motifs is 5. The number of rotatable bonds is 21. The summed E-state index contributed by atoms with van der Waals surface area (Å²) in [6, 6.07) is 0. The summed E-state index contributed by atoms with van der Waals surface area (Å²) in [7, 11) is 0. The number of ether oxygens (including phenoxy) is 11. The van der Waals surface area contributed by atoms with Crippen molar-refractivity contribution >= 4 is 11.9 Å². The van der Waals surface area contributed by atoms with Gasteiger partial charge in [0.1, 0.15) is 129 Å². The zero-order valence-corrected chi connectivity index (χ0v) is 53.4. The van der Waals surface area contributed by atoms with Crippen molar-refractivity contribution in [3.63, 3.8) is 0 Å². The molecule has 5 aliphatic heterocycles. The maximum Gasteiger partial charge on any atom is 0.317 e. The minimum Gasteiger partial charge on any atom is -0.481 e. The van der Waals surface area contributed by atoms with Gasteiger partial charge in [0, 0.05) is 0 Å². The minimum absolute atomic E-state index is 0.0398. The number of aliphatic carboxylic acids is 1. The molecular weight excluding hydrogens is 1220 g/mol. The van der Waals surface area contributed by atoms with Crippen LogP contribution in [0.1, 0.15) is 120 Å². The van der Waals surface area contributed by atoms with Gasteiger partial charge in [-0.05, 0) is 124 Å². The average Bonchev–Trinajstić information content (AvgIpc) is 1.26. The summed E-state index contributed by atoms with van der Waals surface area (Å²) in [6.07, 6.45) is -36.0. The Kier molecular flexibility index (Phi) is 23.2. The first-order valence-electron chi connectivity index (χ1n) is 32.3. The summed E-state index contributed by atoms with van der Waals surface area (Å²) in [5, 5.41) is 186. The Bertz CT molecular complexity index is 2510. The molecule has 0 spiro atoms. The van der Waals surface area contributed by atoms with Crippen LogP contribution in [0, 0.1) is 45.3 Å². The number of carbonyl (C=O) groups excluding carboxylic acids is 1. The third-order valence-electron chi connectivity index (χ3n) is 23.1. The lowest BCUT2D eigenvalue weighted by Crippen LogP contribution is -2.68. The van der Waals surface area contributed by atoms with Crippen LogP contribution in [0.3, 0.4) is 0 Å². The highest BCUT2D eigenvalue weighted by atomic mass is 16.8. The fourth-order valence-electron chi connectivity index (χ4n) is 17.8. The van der Waals surface area contributed by atoms with Gasteiger partial charge in [-0.25, -0.2) is 0 Å². The molecule has 30 nitrogen and oxygen atoms in total. The molecule has 5 saturated heterocycles. The molecule has 34 atom stereocenters. The quantitative estimate of drug-likeness (QED) is 0.0227. The smallest absolute Gasteiger partial charge is 0.317 e. The van der Waals surface area contributed by atoms with Gasteiger partial charge in [0.25, 0.3) is 0 Å². The predicted molar refractivity (Wildman–Crippen MR) is 309 cm³/mol. The van der Waals surface area contributed by atoms with Crippen LogP contribution in [0.4, 0.5) is 0 Å². The maximum atomic E-state index is 13.0. The van der Waals surface area contributed by atoms with Crippen LogP contribution in [-0.4, -0.2) is 297 Å². The van der Waals surface area contributed by atoms with E-state index >= 15 is 0 Å². The Morgan fingerprint density at radius 2 is 1.12 bits per heavy atom. The van der Waals surface area contributed by atoms with Crippen molar-refractivity contribution in [3.8, 4) is 0 Å². The molecule has 30 heteroatoms. The van der Waals surface area contributed by atoms with E-state index in [0.717, 1.165) is 18.4 Å². The van der Waals surface area contributed by atoms with E-state index in [1.807, 2.05) is 20.8 Å². The lowest BCUT2D eigenvalue weighted by Gasteiger charge is -2.71. The van der Waals surface area contributed by atoms with Crippen molar-refractivity contribution in [2.45, 2.75) is 285 Å². The zero-order valence-electron chi connectivity index (χ0n) is 53.4. The van der Waals surface area contributed by atoms with E-state index in [2.05, 4.69) is 40.7 Å². The fraction of sp³-hybridized carbons (Fsp3) is 0.935. The predicted octanol–water partition coefficient (Wildman–Crippen LogP) is -3.71. The summed E-state index contributed by atoms with van der Waals surface area (Å²) in [5.74, 6) is -3.44. The van der Waals surface area contributed by atoms with Crippen molar-refractivity contribution in [1.82, 2.24) is 0 Å². The second-order valence-electron chi connectivity index (χ2n) is 29.2. The second-order valence-corrected chi connectivity index (χ2v) is 29.2. The molecule has 17 N–H and O–H groups in total. The Labute approximate surface area is 533 Å². The highest BCUT2D eigenvalue weighted by molar-refractivity contribution is 5.90. The van der Waals surface area contributed by atoms with Gasteiger partial charge in [-0.3, -0.25) is 9.59 Å². The van der Waals surface area contributed by atoms with E-state index in [9.17, 15) is 91.3 Å². The SMILES string of the molecule is CC(C)=CCC[C@](C)(O[C@@H]1O[C@H](CO[C@@H]2O[C@H](CO)[C@@H](O)[C@H](O[C@@H]3OC[C@H](O)[C@H](O)[C@H]3O)[C@H]2O)[C@@H](O)[C@H](O)[C@H]1O)[C@H]1CC[C@]2(C)[C@@H]1[C@H](O)C[C@@H]1[C@@]3(C)CC[C@H](O[C@@H]4O[C@H](CO)[C@@H](O)[C@H](O)[C@H]4O[C@@H]4O[C@H](COC(=O)CC(=O)O)[C@@H](O)[C@H](O)[C@H]4O)C(C)(C)[C@@H]3CC[C@]12C. The number of esters is 1. The van der Waals surface area contributed by atoms with E-state index < -0.39 is 233 Å². The van der Waals surface area contributed by atoms with Crippen molar-refractivity contribution in [1.29, 1.82) is 0 Å². The standard InChI is InChI=1S/C62H102O30/c1-25(2)10-9-14-62(8,92-56-49(80)45(76)42(73)32(88-56)24-84-54-50(81)51(43(74)30(21-64)85-54)90-53-47(78)39(70)28(66)22-83-53)26-11-16-61(7)38(26)27(65)18-34-59(5)15-13-35(58(3,4)33(59)12-17-60(34,61)6)89-57-52(46(77)40(71)29(20-63)86-57)91-55-48(79)44(75)41(72)31(87-55)23-82-37(69)19-36(67)68/h10,26-35,38-57,63-66,70-81H,9,11-24H2,1-8H3,(H,67,68)/t26-,27+,28-,29+,30+,31+,32+,33-,34+,35-,38-,39-,40+,41+,42+,43+,44-,45-,46-,47+,48+,49+,50+,51-,52+,53-,54+,55-,56-,57-,59-,60+,61+,62-/m0/s1. The number of carboxylic acid groups (broad SMARTS) is 1. The molecule has 4 saturated carbocycles. The lowest BCUT2D eigenvalue weighted by molar-refractivity contribution is -0.378. The molecule has 9 fully saturated rings. The third kappa shape index (κ3) is 13.9. The monoisotopic (exact) mass is 1330 g/mol. The topological polar surface area (TPSA) is 480 Å². The molecule has 0 bridgehead atoms. The van der Waals surface area contributed by atoms with Gasteiger partial charge in [-0.2, -0.15) is 0 Å². The Balaban J connectivity index is 0.905. The summed E-state index contributed by atoms with van der Waals surface area (Å²) >= 11 is 0. The van der Waals surface area contributed by atoms with E-state index in [1.165, 1.54) is 0 Å². The molecule has 92 heavy (non-hydrogen) atoms. The molecular formula is C62H102O30. The van der Waals surface area contributed by atoms with Crippen molar-refractivity contribution < 1.29 is 149 Å².